The first-order valence-electron chi connectivity index (χ1n) is 10.3. The molecule has 35 heavy (non-hydrogen) atoms. The Balaban J connectivity index is 1.26. The maximum atomic E-state index is 12.4. The largest absolute Gasteiger partial charge is 0.423 e. The third-order valence-electron chi connectivity index (χ3n) is 4.74. The maximum absolute atomic E-state index is 12.4. The molecule has 4 aromatic rings. The fourth-order valence-corrected chi connectivity index (χ4v) is 5.07. The second-order valence-electron chi connectivity index (χ2n) is 7.16. The van der Waals surface area contributed by atoms with Crippen molar-refractivity contribution < 1.29 is 19.1 Å². The first-order chi connectivity index (χ1) is 16.9. The summed E-state index contributed by atoms with van der Waals surface area (Å²) >= 11 is 9.64. The van der Waals surface area contributed by atoms with E-state index in [1.807, 2.05) is 36.4 Å². The van der Waals surface area contributed by atoms with E-state index in [0.717, 1.165) is 13.7 Å². The van der Waals surface area contributed by atoms with Crippen LogP contribution in [0.5, 0.6) is 5.75 Å². The highest BCUT2D eigenvalue weighted by atomic mass is 127. The van der Waals surface area contributed by atoms with E-state index in [1.54, 1.807) is 36.4 Å². The number of thiophene rings is 1. The number of halogens is 2. The van der Waals surface area contributed by atoms with Crippen LogP contribution in [0.15, 0.2) is 77.9 Å². The molecular weight excluding hydrogens is 601 g/mol. The van der Waals surface area contributed by atoms with E-state index in [-0.39, 0.29) is 6.54 Å². The van der Waals surface area contributed by atoms with Gasteiger partial charge in [0.25, 0.3) is 11.8 Å². The molecule has 10 heteroatoms. The fraction of sp³-hybridized carbons (Fsp3) is 0.0400. The number of benzene rings is 3. The van der Waals surface area contributed by atoms with Crippen molar-refractivity contribution in [1.82, 2.24) is 10.7 Å². The zero-order valence-corrected chi connectivity index (χ0v) is 21.7. The molecule has 2 N–H and O–H groups in total. The number of carbonyl (C=O) groups excluding carboxylic acids is 3. The summed E-state index contributed by atoms with van der Waals surface area (Å²) in [6, 6.07) is 21.2. The molecule has 1 aromatic heterocycles. The minimum absolute atomic E-state index is 0.256. The minimum atomic E-state index is -0.491. The van der Waals surface area contributed by atoms with Crippen molar-refractivity contribution in [3.63, 3.8) is 0 Å². The lowest BCUT2D eigenvalue weighted by Crippen LogP contribution is -2.34. The predicted octanol–water partition coefficient (Wildman–Crippen LogP) is 5.26. The van der Waals surface area contributed by atoms with Gasteiger partial charge in [0, 0.05) is 13.7 Å². The number of nitrogens with zero attached hydrogens (tertiary/aromatic N) is 1. The normalized spacial score (nSPS) is 10.9. The van der Waals surface area contributed by atoms with Crippen LogP contribution in [0.25, 0.3) is 10.1 Å². The Morgan fingerprint density at radius 3 is 2.46 bits per heavy atom. The van der Waals surface area contributed by atoms with Gasteiger partial charge < -0.3 is 10.1 Å². The third kappa shape index (κ3) is 6.24. The first-order valence-corrected chi connectivity index (χ1v) is 12.5. The van der Waals surface area contributed by atoms with Crippen LogP contribution in [0.3, 0.4) is 0 Å². The molecule has 3 aromatic carbocycles. The molecule has 176 valence electrons. The monoisotopic (exact) mass is 617 g/mol. The topological polar surface area (TPSA) is 96.9 Å². The number of amides is 2. The summed E-state index contributed by atoms with van der Waals surface area (Å²) in [5.74, 6) is -0.971. The fourth-order valence-electron chi connectivity index (χ4n) is 3.03. The van der Waals surface area contributed by atoms with Crippen molar-refractivity contribution in [2.24, 2.45) is 5.10 Å². The van der Waals surface area contributed by atoms with Gasteiger partial charge in [-0.2, -0.15) is 5.10 Å². The molecule has 2 amide bonds. The van der Waals surface area contributed by atoms with Crippen LogP contribution in [-0.2, 0) is 4.79 Å². The number of rotatable bonds is 7. The molecule has 1 heterocycles. The summed E-state index contributed by atoms with van der Waals surface area (Å²) in [6.07, 6.45) is 1.44. The van der Waals surface area contributed by atoms with Crippen LogP contribution in [0, 0.1) is 3.57 Å². The van der Waals surface area contributed by atoms with E-state index in [4.69, 9.17) is 16.3 Å². The van der Waals surface area contributed by atoms with Crippen LogP contribution in [0.2, 0.25) is 5.02 Å². The van der Waals surface area contributed by atoms with Crippen molar-refractivity contribution >= 4 is 79.6 Å². The van der Waals surface area contributed by atoms with Crippen molar-refractivity contribution in [3.05, 3.63) is 97.4 Å². The number of hydrogen-bond acceptors (Lipinski definition) is 6. The van der Waals surface area contributed by atoms with E-state index in [0.29, 0.717) is 26.8 Å². The molecule has 0 unspecified atom stereocenters. The van der Waals surface area contributed by atoms with Gasteiger partial charge in [0.1, 0.15) is 10.6 Å². The number of hydrogen-bond donors (Lipinski definition) is 2. The van der Waals surface area contributed by atoms with E-state index in [9.17, 15) is 14.4 Å². The summed E-state index contributed by atoms with van der Waals surface area (Å²) in [5, 5.41) is 7.60. The first kappa shape index (κ1) is 24.8. The van der Waals surface area contributed by atoms with Crippen LogP contribution in [0.4, 0.5) is 0 Å². The molecule has 0 aliphatic heterocycles. The molecule has 0 atom stereocenters. The lowest BCUT2D eigenvalue weighted by Gasteiger charge is -2.06. The Hall–Kier alpha value is -3.28. The van der Waals surface area contributed by atoms with Gasteiger partial charge in [-0.3, -0.25) is 9.59 Å². The van der Waals surface area contributed by atoms with Gasteiger partial charge in [-0.25, -0.2) is 10.2 Å². The third-order valence-corrected chi connectivity index (χ3v) is 7.35. The average Bonchev–Trinajstić information content (AvgIpc) is 3.20. The Morgan fingerprint density at radius 1 is 1.00 bits per heavy atom. The van der Waals surface area contributed by atoms with Crippen LogP contribution in [-0.4, -0.2) is 30.5 Å². The van der Waals surface area contributed by atoms with Gasteiger partial charge in [-0.15, -0.1) is 11.3 Å². The Kier molecular flexibility index (Phi) is 8.11. The van der Waals surface area contributed by atoms with E-state index in [2.05, 4.69) is 38.4 Å². The van der Waals surface area contributed by atoms with Crippen molar-refractivity contribution in [2.75, 3.05) is 6.54 Å². The van der Waals surface area contributed by atoms with Gasteiger partial charge in [-0.05, 0) is 70.6 Å². The lowest BCUT2D eigenvalue weighted by molar-refractivity contribution is -0.120. The highest BCUT2D eigenvalue weighted by Gasteiger charge is 2.17. The van der Waals surface area contributed by atoms with E-state index in [1.165, 1.54) is 17.6 Å². The SMILES string of the molecule is O=C(CNC(=O)c1sc2ccccc2c1Cl)NN=Cc1ccc(OC(=O)c2ccccc2I)cc1. The maximum Gasteiger partial charge on any atom is 0.344 e. The molecule has 0 radical (unpaired) electrons. The standard InChI is InChI=1S/C25H17ClIN3O4S/c26-22-18-6-2-4-8-20(18)35-23(22)24(32)28-14-21(31)30-29-13-15-9-11-16(12-10-15)34-25(33)17-5-1-3-7-19(17)27/h1-13H,14H2,(H,28,32)(H,30,31). The minimum Gasteiger partial charge on any atom is -0.423 e. The Morgan fingerprint density at radius 2 is 1.71 bits per heavy atom. The summed E-state index contributed by atoms with van der Waals surface area (Å²) in [7, 11) is 0. The second-order valence-corrected chi connectivity index (χ2v) is 9.75. The lowest BCUT2D eigenvalue weighted by atomic mass is 10.2. The van der Waals surface area contributed by atoms with Gasteiger partial charge >= 0.3 is 5.97 Å². The summed E-state index contributed by atoms with van der Waals surface area (Å²) < 4.78 is 7.09. The summed E-state index contributed by atoms with van der Waals surface area (Å²) in [5.41, 5.74) is 3.52. The molecule has 0 aliphatic rings. The molecule has 0 aliphatic carbocycles. The van der Waals surface area contributed by atoms with Crippen molar-refractivity contribution in [2.45, 2.75) is 0 Å². The van der Waals surface area contributed by atoms with E-state index >= 15 is 0 Å². The zero-order valence-electron chi connectivity index (χ0n) is 18.0. The van der Waals surface area contributed by atoms with Gasteiger partial charge in [-0.1, -0.05) is 41.9 Å². The molecule has 7 nitrogen and oxygen atoms in total. The van der Waals surface area contributed by atoms with Gasteiger partial charge in [0.05, 0.1) is 23.3 Å². The van der Waals surface area contributed by atoms with Crippen LogP contribution < -0.4 is 15.5 Å². The number of carbonyl (C=O) groups is 3. The van der Waals surface area contributed by atoms with Crippen LogP contribution >= 0.6 is 45.5 Å². The van der Waals surface area contributed by atoms with E-state index < -0.39 is 17.8 Å². The number of hydrazone groups is 1. The number of ether oxygens (including phenoxy) is 1. The quantitative estimate of drug-likeness (QED) is 0.0973. The molecule has 0 fully saturated rings. The van der Waals surface area contributed by atoms with Crippen LogP contribution in [0.1, 0.15) is 25.6 Å². The molecule has 0 spiro atoms. The van der Waals surface area contributed by atoms with Gasteiger partial charge in [0.2, 0.25) is 0 Å². The summed E-state index contributed by atoms with van der Waals surface area (Å²) in [6.45, 7) is -0.256. The Labute approximate surface area is 223 Å². The zero-order chi connectivity index (χ0) is 24.8. The number of nitrogens with one attached hydrogen (secondary N) is 2. The highest BCUT2D eigenvalue weighted by molar-refractivity contribution is 14.1. The van der Waals surface area contributed by atoms with Gasteiger partial charge in [0.15, 0.2) is 0 Å². The number of esters is 1. The molecular formula is C25H17ClIN3O4S. The highest BCUT2D eigenvalue weighted by Crippen LogP contribution is 2.34. The predicted molar refractivity (Wildman–Crippen MR) is 145 cm³/mol. The van der Waals surface area contributed by atoms with Crippen molar-refractivity contribution in [1.29, 1.82) is 0 Å². The second kappa shape index (κ2) is 11.4. The summed E-state index contributed by atoms with van der Waals surface area (Å²) in [4.78, 5) is 37.1. The smallest absolute Gasteiger partial charge is 0.344 e. The average molecular weight is 618 g/mol. The number of fused-ring (bicyclic) bond motifs is 1. The molecule has 4 rings (SSSR count). The molecule has 0 bridgehead atoms. The Bertz CT molecular complexity index is 1440. The molecule has 0 saturated carbocycles. The van der Waals surface area contributed by atoms with Crippen molar-refractivity contribution in [3.8, 4) is 5.75 Å². The molecule has 0 saturated heterocycles.